The molecule has 3 aromatic rings. The van der Waals surface area contributed by atoms with E-state index in [1.165, 1.54) is 16.8 Å². The predicted molar refractivity (Wildman–Crippen MR) is 122 cm³/mol. The van der Waals surface area contributed by atoms with Crippen LogP contribution in [-0.2, 0) is 4.79 Å². The van der Waals surface area contributed by atoms with Crippen LogP contribution in [-0.4, -0.2) is 35.5 Å². The molecule has 32 heavy (non-hydrogen) atoms. The summed E-state index contributed by atoms with van der Waals surface area (Å²) in [4.78, 5) is 24.8. The first-order valence-electron chi connectivity index (χ1n) is 10.4. The lowest BCUT2D eigenvalue weighted by molar-refractivity contribution is -0.118. The van der Waals surface area contributed by atoms with Crippen LogP contribution in [0.25, 0.3) is 5.69 Å². The van der Waals surface area contributed by atoms with E-state index in [2.05, 4.69) is 10.4 Å². The molecular weight excluding hydrogens is 410 g/mol. The van der Waals surface area contributed by atoms with Crippen LogP contribution >= 0.6 is 0 Å². The molecule has 2 aromatic carbocycles. The number of ether oxygens (including phenoxy) is 3. The molecule has 8 heteroatoms. The summed E-state index contributed by atoms with van der Waals surface area (Å²) in [6.45, 7) is 8.38. The Labute approximate surface area is 186 Å². The highest BCUT2D eigenvalue weighted by Gasteiger charge is 2.12. The number of nitrogens with one attached hydrogen (secondary N) is 1. The van der Waals surface area contributed by atoms with Gasteiger partial charge >= 0.3 is 0 Å². The first-order valence-corrected chi connectivity index (χ1v) is 10.4. The lowest BCUT2D eigenvalue weighted by Gasteiger charge is -2.14. The molecule has 3 rings (SSSR count). The zero-order chi connectivity index (χ0) is 23.1. The Hall–Kier alpha value is -3.81. The van der Waals surface area contributed by atoms with E-state index in [1.54, 1.807) is 18.2 Å². The minimum absolute atomic E-state index is 0.158. The maximum atomic E-state index is 12.5. The smallest absolute Gasteiger partial charge is 0.271 e. The third-order valence-electron chi connectivity index (χ3n) is 4.70. The molecule has 0 bridgehead atoms. The van der Waals surface area contributed by atoms with Crippen molar-refractivity contribution in [3.63, 3.8) is 0 Å². The number of hydrogen-bond acceptors (Lipinski definition) is 6. The van der Waals surface area contributed by atoms with Gasteiger partial charge in [0.25, 0.3) is 11.5 Å². The lowest BCUT2D eigenvalue weighted by Crippen LogP contribution is -2.24. The van der Waals surface area contributed by atoms with Gasteiger partial charge in [0.15, 0.2) is 6.61 Å². The van der Waals surface area contributed by atoms with Crippen molar-refractivity contribution in [2.75, 3.05) is 25.1 Å². The number of aryl methyl sites for hydroxylation is 2. The predicted octanol–water partition coefficient (Wildman–Crippen LogP) is 3.66. The highest BCUT2D eigenvalue weighted by Crippen LogP contribution is 2.29. The molecule has 1 heterocycles. The minimum atomic E-state index is -0.398. The monoisotopic (exact) mass is 437 g/mol. The number of amides is 1. The van der Waals surface area contributed by atoms with Crippen molar-refractivity contribution in [3.8, 4) is 23.1 Å². The number of hydrogen-bond donors (Lipinski definition) is 1. The molecule has 168 valence electrons. The second kappa shape index (κ2) is 10.5. The largest absolute Gasteiger partial charge is 0.494 e. The van der Waals surface area contributed by atoms with Crippen LogP contribution in [0.5, 0.6) is 17.4 Å². The van der Waals surface area contributed by atoms with Gasteiger partial charge in [-0.2, -0.15) is 4.68 Å². The molecule has 1 N–H and O–H groups in total. The molecule has 0 spiro atoms. The topological polar surface area (TPSA) is 91.7 Å². The molecule has 0 radical (unpaired) electrons. The molecule has 0 aliphatic heterocycles. The van der Waals surface area contributed by atoms with Gasteiger partial charge in [-0.25, -0.2) is 0 Å². The summed E-state index contributed by atoms with van der Waals surface area (Å²) in [6, 6.07) is 13.6. The molecule has 1 amide bonds. The first-order chi connectivity index (χ1) is 15.4. The summed E-state index contributed by atoms with van der Waals surface area (Å²) in [5.74, 6) is 0.913. The molecule has 0 saturated heterocycles. The molecule has 0 fully saturated rings. The average molecular weight is 437 g/mol. The number of anilines is 1. The van der Waals surface area contributed by atoms with Gasteiger partial charge < -0.3 is 19.5 Å². The van der Waals surface area contributed by atoms with Crippen LogP contribution in [0.3, 0.4) is 0 Å². The second-order valence-corrected chi connectivity index (χ2v) is 7.05. The maximum Gasteiger partial charge on any atom is 0.271 e. The number of nitrogens with zero attached hydrogens (tertiary/aromatic N) is 2. The summed E-state index contributed by atoms with van der Waals surface area (Å²) in [5.41, 5.74) is 2.98. The van der Waals surface area contributed by atoms with Crippen LogP contribution in [0.4, 0.5) is 5.69 Å². The first kappa shape index (κ1) is 22.9. The highest BCUT2D eigenvalue weighted by molar-refractivity contribution is 5.93. The third kappa shape index (κ3) is 5.66. The molecule has 0 aliphatic carbocycles. The van der Waals surface area contributed by atoms with Gasteiger partial charge in [0.1, 0.15) is 11.5 Å². The fourth-order valence-electron chi connectivity index (χ4n) is 2.98. The maximum absolute atomic E-state index is 12.5. The van der Waals surface area contributed by atoms with E-state index < -0.39 is 5.91 Å². The fraction of sp³-hybridized carbons (Fsp3) is 0.292. The Balaban J connectivity index is 1.72. The second-order valence-electron chi connectivity index (χ2n) is 7.05. The van der Waals surface area contributed by atoms with Crippen molar-refractivity contribution in [1.29, 1.82) is 0 Å². The molecule has 1 aromatic heterocycles. The van der Waals surface area contributed by atoms with E-state index in [1.807, 2.05) is 45.9 Å². The zero-order valence-corrected chi connectivity index (χ0v) is 18.7. The summed E-state index contributed by atoms with van der Waals surface area (Å²) in [7, 11) is 0. The van der Waals surface area contributed by atoms with Crippen molar-refractivity contribution < 1.29 is 19.0 Å². The summed E-state index contributed by atoms with van der Waals surface area (Å²) in [6.07, 6.45) is 0. The van der Waals surface area contributed by atoms with E-state index in [-0.39, 0.29) is 18.0 Å². The average Bonchev–Trinajstić information content (AvgIpc) is 2.77. The van der Waals surface area contributed by atoms with Gasteiger partial charge in [0, 0.05) is 18.2 Å². The van der Waals surface area contributed by atoms with Gasteiger partial charge in [-0.15, -0.1) is 5.10 Å². The number of benzene rings is 2. The van der Waals surface area contributed by atoms with E-state index in [0.29, 0.717) is 36.1 Å². The number of carbonyl (C=O) groups excluding carboxylic acids is 1. The number of carbonyl (C=O) groups is 1. The van der Waals surface area contributed by atoms with E-state index in [4.69, 9.17) is 14.2 Å². The number of aromatic nitrogens is 2. The summed E-state index contributed by atoms with van der Waals surface area (Å²) >= 11 is 0. The molecule has 0 atom stereocenters. The van der Waals surface area contributed by atoms with Gasteiger partial charge in [0.2, 0.25) is 5.88 Å². The number of rotatable bonds is 9. The summed E-state index contributed by atoms with van der Waals surface area (Å²) < 4.78 is 17.8. The Morgan fingerprint density at radius 2 is 1.72 bits per heavy atom. The van der Waals surface area contributed by atoms with E-state index in [0.717, 1.165) is 11.1 Å². The van der Waals surface area contributed by atoms with E-state index in [9.17, 15) is 9.59 Å². The Bertz CT molecular complexity index is 1160. The molecular formula is C24H27N3O5. The highest BCUT2D eigenvalue weighted by atomic mass is 16.5. The summed E-state index contributed by atoms with van der Waals surface area (Å²) in [5, 5.41) is 7.01. The molecule has 0 unspecified atom stereocenters. The molecule has 8 nitrogen and oxygen atoms in total. The van der Waals surface area contributed by atoms with Crippen molar-refractivity contribution in [3.05, 3.63) is 70.0 Å². The van der Waals surface area contributed by atoms with Crippen molar-refractivity contribution in [2.45, 2.75) is 27.7 Å². The van der Waals surface area contributed by atoms with Crippen LogP contribution < -0.4 is 25.1 Å². The van der Waals surface area contributed by atoms with Gasteiger partial charge in [-0.1, -0.05) is 6.07 Å². The van der Waals surface area contributed by atoms with Crippen LogP contribution in [0, 0.1) is 13.8 Å². The lowest BCUT2D eigenvalue weighted by atomic mass is 10.1. The van der Waals surface area contributed by atoms with Crippen LogP contribution in [0.2, 0.25) is 0 Å². The third-order valence-corrected chi connectivity index (χ3v) is 4.70. The quantitative estimate of drug-likeness (QED) is 0.549. The normalized spacial score (nSPS) is 10.5. The SMILES string of the molecule is CCOc1ccc(OCC)c(NC(=O)COc2ccc(=O)n(-c3ccc(C)c(C)c3)n2)c1. The van der Waals surface area contributed by atoms with Crippen molar-refractivity contribution >= 4 is 11.6 Å². The Morgan fingerprint density at radius 1 is 0.938 bits per heavy atom. The van der Waals surface area contributed by atoms with Gasteiger partial charge in [-0.05, 0) is 63.1 Å². The zero-order valence-electron chi connectivity index (χ0n) is 18.7. The standard InChI is InChI=1S/C24H27N3O5/c1-5-30-19-9-10-21(31-6-2)20(14-19)25-22(28)15-32-23-11-12-24(29)27(26-23)18-8-7-16(3)17(4)13-18/h7-14H,5-6,15H2,1-4H3,(H,25,28). The van der Waals surface area contributed by atoms with Crippen LogP contribution in [0.15, 0.2) is 53.3 Å². The fourth-order valence-corrected chi connectivity index (χ4v) is 2.98. The minimum Gasteiger partial charge on any atom is -0.494 e. The van der Waals surface area contributed by atoms with Gasteiger partial charge in [-0.3, -0.25) is 9.59 Å². The van der Waals surface area contributed by atoms with Crippen molar-refractivity contribution in [2.24, 2.45) is 0 Å². The Morgan fingerprint density at radius 3 is 2.44 bits per heavy atom. The van der Waals surface area contributed by atoms with Gasteiger partial charge in [0.05, 0.1) is 24.6 Å². The molecule has 0 saturated carbocycles. The van der Waals surface area contributed by atoms with Crippen molar-refractivity contribution in [1.82, 2.24) is 9.78 Å². The van der Waals surface area contributed by atoms with E-state index >= 15 is 0 Å². The Kier molecular flexibility index (Phi) is 7.49. The molecule has 0 aliphatic rings. The van der Waals surface area contributed by atoms with Crippen LogP contribution in [0.1, 0.15) is 25.0 Å².